The zero-order valence-electron chi connectivity index (χ0n) is 19.9. The maximum absolute atomic E-state index is 10.7. The summed E-state index contributed by atoms with van der Waals surface area (Å²) in [7, 11) is 1.92. The molecule has 6 rings (SSSR count). The second-order valence-electron chi connectivity index (χ2n) is 9.39. The van der Waals surface area contributed by atoms with Crippen molar-refractivity contribution in [3.8, 4) is 11.1 Å². The molecule has 2 saturated heterocycles. The molecule has 182 valence electrons. The van der Waals surface area contributed by atoms with Gasteiger partial charge in [0.1, 0.15) is 0 Å². The summed E-state index contributed by atoms with van der Waals surface area (Å²) >= 11 is 0. The molecule has 4 aromatic heterocycles. The van der Waals surface area contributed by atoms with E-state index in [2.05, 4.69) is 48.3 Å². The van der Waals surface area contributed by atoms with Gasteiger partial charge in [0.05, 0.1) is 36.3 Å². The van der Waals surface area contributed by atoms with Crippen molar-refractivity contribution >= 4 is 17.2 Å². The van der Waals surface area contributed by atoms with Crippen LogP contribution >= 0.6 is 0 Å². The Bertz CT molecular complexity index is 1290. The van der Waals surface area contributed by atoms with Crippen molar-refractivity contribution in [1.82, 2.24) is 29.4 Å². The topological polar surface area (TPSA) is 96.8 Å². The smallest absolute Gasteiger partial charge is 0.225 e. The van der Waals surface area contributed by atoms with Gasteiger partial charge in [0, 0.05) is 87.2 Å². The van der Waals surface area contributed by atoms with Crippen LogP contribution in [-0.2, 0) is 11.8 Å². The van der Waals surface area contributed by atoms with E-state index in [9.17, 15) is 5.11 Å². The Labute approximate surface area is 203 Å². The zero-order valence-corrected chi connectivity index (χ0v) is 19.9. The van der Waals surface area contributed by atoms with Crippen LogP contribution in [0, 0.1) is 5.92 Å². The quantitative estimate of drug-likeness (QED) is 0.471. The summed E-state index contributed by atoms with van der Waals surface area (Å²) in [5.74, 6) is 0.828. The molecule has 0 radical (unpaired) electrons. The Balaban J connectivity index is 1.11. The molecule has 2 aliphatic heterocycles. The maximum atomic E-state index is 10.7. The molecule has 1 N–H and O–H groups in total. The van der Waals surface area contributed by atoms with E-state index in [-0.39, 0.29) is 5.92 Å². The van der Waals surface area contributed by atoms with Gasteiger partial charge >= 0.3 is 0 Å². The minimum Gasteiger partial charge on any atom is -0.388 e. The lowest BCUT2D eigenvalue weighted by molar-refractivity contribution is -0.0102. The summed E-state index contributed by atoms with van der Waals surface area (Å²) in [4.78, 5) is 13.7. The highest BCUT2D eigenvalue weighted by Gasteiger charge is 2.25. The molecule has 2 fully saturated rings. The van der Waals surface area contributed by atoms with Crippen molar-refractivity contribution < 1.29 is 9.84 Å². The predicted molar refractivity (Wildman–Crippen MR) is 132 cm³/mol. The van der Waals surface area contributed by atoms with E-state index >= 15 is 0 Å². The lowest BCUT2D eigenvalue weighted by atomic mass is 9.92. The van der Waals surface area contributed by atoms with Crippen LogP contribution in [0.3, 0.4) is 0 Å². The van der Waals surface area contributed by atoms with Crippen molar-refractivity contribution in [2.24, 2.45) is 13.0 Å². The van der Waals surface area contributed by atoms with Crippen LogP contribution in [0.5, 0.6) is 0 Å². The number of ether oxygens (including phenoxy) is 1. The molecule has 1 unspecified atom stereocenters. The average Bonchev–Trinajstić information content (AvgIpc) is 3.55. The molecule has 4 aromatic rings. The van der Waals surface area contributed by atoms with Gasteiger partial charge in [-0.25, -0.2) is 14.5 Å². The van der Waals surface area contributed by atoms with E-state index in [1.54, 1.807) is 17.1 Å². The average molecular weight is 475 g/mol. The third-order valence-electron chi connectivity index (χ3n) is 7.08. The monoisotopic (exact) mass is 474 g/mol. The van der Waals surface area contributed by atoms with E-state index in [1.807, 2.05) is 30.2 Å². The largest absolute Gasteiger partial charge is 0.388 e. The fourth-order valence-electron chi connectivity index (χ4n) is 5.04. The van der Waals surface area contributed by atoms with Crippen molar-refractivity contribution in [3.63, 3.8) is 0 Å². The molecular formula is C25H30N8O2. The first-order valence-electron chi connectivity index (χ1n) is 12.2. The number of fused-ring (bicyclic) bond motifs is 1. The van der Waals surface area contributed by atoms with Crippen LogP contribution < -0.4 is 9.80 Å². The number of pyridine rings is 1. The molecule has 35 heavy (non-hydrogen) atoms. The van der Waals surface area contributed by atoms with Gasteiger partial charge in [-0.3, -0.25) is 4.68 Å². The molecule has 0 amide bonds. The van der Waals surface area contributed by atoms with Crippen molar-refractivity contribution in [2.75, 3.05) is 49.2 Å². The Hall–Kier alpha value is -3.50. The first-order chi connectivity index (χ1) is 17.2. The SMILES string of the molecule is Cn1cc(-c2ccc3c(N4CCN(c5ncc([C@@H](O)C6CCCOC6)cn5)CC4)cnn3c2)cn1. The molecule has 2 atom stereocenters. The summed E-state index contributed by atoms with van der Waals surface area (Å²) in [6, 6.07) is 4.25. The third kappa shape index (κ3) is 4.35. The van der Waals surface area contributed by atoms with E-state index in [0.717, 1.165) is 73.5 Å². The molecule has 6 heterocycles. The molecule has 10 nitrogen and oxygen atoms in total. The number of piperazine rings is 1. The highest BCUT2D eigenvalue weighted by Crippen LogP contribution is 2.29. The number of hydrogen-bond donors (Lipinski definition) is 1. The van der Waals surface area contributed by atoms with Gasteiger partial charge in [0.15, 0.2) is 0 Å². The van der Waals surface area contributed by atoms with E-state index < -0.39 is 6.10 Å². The van der Waals surface area contributed by atoms with Gasteiger partial charge < -0.3 is 19.6 Å². The third-order valence-corrected chi connectivity index (χ3v) is 7.08. The summed E-state index contributed by atoms with van der Waals surface area (Å²) < 4.78 is 9.26. The number of aryl methyl sites for hydroxylation is 1. The first-order valence-corrected chi connectivity index (χ1v) is 12.2. The highest BCUT2D eigenvalue weighted by atomic mass is 16.5. The summed E-state index contributed by atoms with van der Waals surface area (Å²) in [5, 5.41) is 19.5. The van der Waals surface area contributed by atoms with E-state index in [0.29, 0.717) is 12.6 Å². The van der Waals surface area contributed by atoms with Crippen LogP contribution in [0.1, 0.15) is 24.5 Å². The molecule has 0 bridgehead atoms. The number of nitrogens with zero attached hydrogens (tertiary/aromatic N) is 8. The zero-order chi connectivity index (χ0) is 23.8. The van der Waals surface area contributed by atoms with E-state index in [4.69, 9.17) is 4.74 Å². The van der Waals surface area contributed by atoms with Gasteiger partial charge in [0.25, 0.3) is 0 Å². The van der Waals surface area contributed by atoms with Crippen molar-refractivity contribution in [1.29, 1.82) is 0 Å². The molecular weight excluding hydrogens is 444 g/mol. The number of aliphatic hydroxyl groups is 1. The van der Waals surface area contributed by atoms with Crippen LogP contribution in [0.15, 0.2) is 49.3 Å². The van der Waals surface area contributed by atoms with Gasteiger partial charge in [-0.05, 0) is 18.9 Å². The molecule has 0 aromatic carbocycles. The first kappa shape index (κ1) is 22.0. The number of hydrogen-bond acceptors (Lipinski definition) is 8. The van der Waals surface area contributed by atoms with Gasteiger partial charge in [-0.15, -0.1) is 0 Å². The minimum absolute atomic E-state index is 0.119. The fourth-order valence-corrected chi connectivity index (χ4v) is 5.04. The van der Waals surface area contributed by atoms with Crippen LogP contribution in [0.2, 0.25) is 0 Å². The van der Waals surface area contributed by atoms with Crippen LogP contribution in [0.25, 0.3) is 16.6 Å². The van der Waals surface area contributed by atoms with Gasteiger partial charge in [0.2, 0.25) is 5.95 Å². The van der Waals surface area contributed by atoms with Crippen LogP contribution in [0.4, 0.5) is 11.6 Å². The number of aliphatic hydroxyl groups excluding tert-OH is 1. The minimum atomic E-state index is -0.574. The molecule has 0 aliphatic carbocycles. The summed E-state index contributed by atoms with van der Waals surface area (Å²) in [6.07, 6.45) is 12.8. The highest BCUT2D eigenvalue weighted by molar-refractivity contribution is 5.75. The summed E-state index contributed by atoms with van der Waals surface area (Å²) in [6.45, 7) is 4.75. The Morgan fingerprint density at radius 2 is 1.74 bits per heavy atom. The second-order valence-corrected chi connectivity index (χ2v) is 9.39. The van der Waals surface area contributed by atoms with Crippen LogP contribution in [-0.4, -0.2) is 73.9 Å². The Kier molecular flexibility index (Phi) is 5.83. The van der Waals surface area contributed by atoms with Crippen molar-refractivity contribution in [2.45, 2.75) is 18.9 Å². The van der Waals surface area contributed by atoms with Gasteiger partial charge in [-0.2, -0.15) is 10.2 Å². The fraction of sp³-hybridized carbons (Fsp3) is 0.440. The lowest BCUT2D eigenvalue weighted by Gasteiger charge is -2.35. The van der Waals surface area contributed by atoms with Gasteiger partial charge in [-0.1, -0.05) is 6.07 Å². The lowest BCUT2D eigenvalue weighted by Crippen LogP contribution is -2.47. The standard InChI is InChI=1S/C25H30N8O2/c1-30-15-21(13-28-30)18-4-5-22-23(14-29-33(22)16-18)31-6-8-32(9-7-31)25-26-11-20(12-27-25)24(34)19-3-2-10-35-17-19/h4-5,11-16,19,24,34H,2-3,6-10,17H2,1H3/t19?,24-/m0/s1. The number of rotatable bonds is 5. The molecule has 0 saturated carbocycles. The summed E-state index contributed by atoms with van der Waals surface area (Å²) in [5.41, 5.74) is 5.15. The van der Waals surface area contributed by atoms with Crippen molar-refractivity contribution in [3.05, 3.63) is 54.9 Å². The predicted octanol–water partition coefficient (Wildman–Crippen LogP) is 2.31. The Morgan fingerprint density at radius 3 is 2.46 bits per heavy atom. The number of anilines is 2. The maximum Gasteiger partial charge on any atom is 0.225 e. The van der Waals surface area contributed by atoms with E-state index in [1.165, 1.54) is 0 Å². The molecule has 10 heteroatoms. The molecule has 0 spiro atoms. The second kappa shape index (κ2) is 9.27. The molecule has 2 aliphatic rings. The Morgan fingerprint density at radius 1 is 0.943 bits per heavy atom. The normalized spacial score (nSPS) is 19.9. The number of aromatic nitrogens is 6.